The molecule has 21 heavy (non-hydrogen) atoms. The number of carboxylic acids is 1. The van der Waals surface area contributed by atoms with Crippen LogP contribution < -0.4 is 5.32 Å². The van der Waals surface area contributed by atoms with Gasteiger partial charge in [-0.1, -0.05) is 13.8 Å². The van der Waals surface area contributed by atoms with E-state index in [1.165, 1.54) is 6.26 Å². The molecule has 118 valence electrons. The van der Waals surface area contributed by atoms with Crippen molar-refractivity contribution < 1.29 is 28.8 Å². The number of rotatable bonds is 9. The molecule has 0 aromatic heterocycles. The van der Waals surface area contributed by atoms with Crippen molar-refractivity contribution in [2.45, 2.75) is 38.0 Å². The molecule has 0 fully saturated rings. The molecule has 0 spiro atoms. The topological polar surface area (TPSA) is 143 Å². The molecule has 9 heteroatoms. The molecule has 3 atom stereocenters. The Hall–Kier alpha value is -1.70. The molecule has 0 aliphatic carbocycles. The van der Waals surface area contributed by atoms with Crippen molar-refractivity contribution >= 4 is 35.1 Å². The first kappa shape index (κ1) is 19.3. The van der Waals surface area contributed by atoms with Crippen molar-refractivity contribution in [2.75, 3.05) is 6.26 Å². The van der Waals surface area contributed by atoms with Crippen LogP contribution >= 0.6 is 0 Å². The fourth-order valence-corrected chi connectivity index (χ4v) is 2.90. The fourth-order valence-electron chi connectivity index (χ4n) is 1.76. The van der Waals surface area contributed by atoms with Gasteiger partial charge < -0.3 is 20.5 Å². The van der Waals surface area contributed by atoms with Gasteiger partial charge in [-0.15, -0.1) is 0 Å². The van der Waals surface area contributed by atoms with E-state index in [0.717, 1.165) is 0 Å². The number of Topliss-reactive ketones (excluding diaryl/α,β-unsaturated/α-hetero) is 1. The first-order valence-corrected chi connectivity index (χ1v) is 7.88. The molecule has 0 aromatic carbocycles. The number of hydrogen-bond acceptors (Lipinski definition) is 4. The molecule has 0 aromatic rings. The lowest BCUT2D eigenvalue weighted by Crippen LogP contribution is -2.49. The summed E-state index contributed by atoms with van der Waals surface area (Å²) in [5, 5.41) is 10.5. The maximum Gasteiger partial charge on any atom is 0.326 e. The van der Waals surface area contributed by atoms with Gasteiger partial charge in [-0.3, -0.25) is 9.59 Å². The van der Waals surface area contributed by atoms with Gasteiger partial charge in [0.1, 0.15) is 6.04 Å². The third kappa shape index (κ3) is 7.03. The summed E-state index contributed by atoms with van der Waals surface area (Å²) in [7, 11) is 0. The monoisotopic (exact) mass is 317 g/mol. The summed E-state index contributed by atoms with van der Waals surface area (Å²) in [6.45, 7) is 3.42. The molecular formula is C12H19N3O5S. The zero-order valence-corrected chi connectivity index (χ0v) is 12.9. The standard InChI is InChI=1S/C12H19N3O5S/c1-7(2)10(21(3)20)11(17)15-9(12(18)19)5-4-8(16)6-14-13/h6-7,9-10H,4-5H2,1-3H3,(H,15,17)(H,18,19)/t9-,10-,21?/m0/s1. The van der Waals surface area contributed by atoms with Gasteiger partial charge in [0, 0.05) is 12.3 Å². The van der Waals surface area contributed by atoms with Crippen molar-refractivity contribution in [1.82, 2.24) is 5.32 Å². The maximum absolute atomic E-state index is 12.0. The number of nitrogens with one attached hydrogen (secondary N) is 1. The Morgan fingerprint density at radius 1 is 1.43 bits per heavy atom. The minimum Gasteiger partial charge on any atom is -0.616 e. The summed E-state index contributed by atoms with van der Waals surface area (Å²) < 4.78 is 11.5. The molecule has 2 N–H and O–H groups in total. The Balaban J connectivity index is 4.77. The Morgan fingerprint density at radius 2 is 2.00 bits per heavy atom. The lowest BCUT2D eigenvalue weighted by atomic mass is 10.1. The number of aliphatic carboxylic acids is 1. The van der Waals surface area contributed by atoms with Crippen molar-refractivity contribution in [3.8, 4) is 0 Å². The van der Waals surface area contributed by atoms with Crippen LogP contribution in [0.2, 0.25) is 0 Å². The van der Waals surface area contributed by atoms with E-state index in [2.05, 4.69) is 10.1 Å². The first-order valence-electron chi connectivity index (χ1n) is 6.26. The zero-order valence-electron chi connectivity index (χ0n) is 12.1. The molecule has 1 amide bonds. The van der Waals surface area contributed by atoms with Crippen molar-refractivity contribution in [2.24, 2.45) is 5.92 Å². The molecule has 0 bridgehead atoms. The van der Waals surface area contributed by atoms with Crippen molar-refractivity contribution in [1.29, 1.82) is 0 Å². The second kappa shape index (κ2) is 9.28. The highest BCUT2D eigenvalue weighted by Crippen LogP contribution is 2.12. The SMILES string of the molecule is CC(C)[C@@H](C(=O)N[C@@H](CCC(=O)C=[N+]=[N-])C(=O)O)[S+](C)[O-]. The molecular weight excluding hydrogens is 298 g/mol. The van der Waals surface area contributed by atoms with Crippen molar-refractivity contribution in [3.05, 3.63) is 5.53 Å². The molecule has 0 heterocycles. The van der Waals surface area contributed by atoms with Gasteiger partial charge in [-0.2, -0.15) is 4.79 Å². The molecule has 0 saturated heterocycles. The zero-order chi connectivity index (χ0) is 16.6. The summed E-state index contributed by atoms with van der Waals surface area (Å²) in [5.41, 5.74) is 8.18. The van der Waals surface area contributed by atoms with E-state index in [1.54, 1.807) is 13.8 Å². The molecule has 0 rings (SSSR count). The highest BCUT2D eigenvalue weighted by molar-refractivity contribution is 7.92. The Kier molecular flexibility index (Phi) is 8.52. The number of amides is 1. The smallest absolute Gasteiger partial charge is 0.326 e. The van der Waals surface area contributed by atoms with Crippen LogP contribution in [-0.4, -0.2) is 55.9 Å². The summed E-state index contributed by atoms with van der Waals surface area (Å²) in [5.74, 6) is -2.69. The lowest BCUT2D eigenvalue weighted by Gasteiger charge is -2.23. The Bertz CT molecular complexity index is 438. The Labute approximate surface area is 125 Å². The molecule has 8 nitrogen and oxygen atoms in total. The van der Waals surface area contributed by atoms with Crippen LogP contribution in [0.15, 0.2) is 0 Å². The number of nitrogens with zero attached hydrogens (tertiary/aromatic N) is 2. The first-order chi connectivity index (χ1) is 9.70. The maximum atomic E-state index is 12.0. The van der Waals surface area contributed by atoms with Gasteiger partial charge in [0.05, 0.1) is 6.26 Å². The second-order valence-corrected chi connectivity index (χ2v) is 6.32. The van der Waals surface area contributed by atoms with Crippen LogP contribution in [-0.2, 0) is 25.6 Å². The number of carbonyl (C=O) groups excluding carboxylic acids is 2. The van der Waals surface area contributed by atoms with E-state index in [4.69, 9.17) is 10.6 Å². The lowest BCUT2D eigenvalue weighted by molar-refractivity contribution is -0.142. The van der Waals surface area contributed by atoms with E-state index >= 15 is 0 Å². The van der Waals surface area contributed by atoms with E-state index < -0.39 is 40.1 Å². The van der Waals surface area contributed by atoms with E-state index in [-0.39, 0.29) is 18.8 Å². The Morgan fingerprint density at radius 3 is 2.38 bits per heavy atom. The number of hydrogen-bond donors (Lipinski definition) is 2. The molecule has 0 aliphatic heterocycles. The van der Waals surface area contributed by atoms with E-state index in [9.17, 15) is 18.9 Å². The van der Waals surface area contributed by atoms with Crippen LogP contribution in [0.25, 0.3) is 5.53 Å². The van der Waals surface area contributed by atoms with Gasteiger partial charge in [0.2, 0.25) is 5.78 Å². The van der Waals surface area contributed by atoms with E-state index in [0.29, 0.717) is 6.21 Å². The highest BCUT2D eigenvalue weighted by Gasteiger charge is 2.33. The number of ketones is 1. The molecule has 1 unspecified atom stereocenters. The van der Waals surface area contributed by atoms with Crippen LogP contribution in [0.3, 0.4) is 0 Å². The van der Waals surface area contributed by atoms with Gasteiger partial charge in [0.25, 0.3) is 5.91 Å². The van der Waals surface area contributed by atoms with Crippen LogP contribution in [0, 0.1) is 5.92 Å². The largest absolute Gasteiger partial charge is 0.616 e. The van der Waals surface area contributed by atoms with Gasteiger partial charge in [-0.05, 0) is 17.6 Å². The summed E-state index contributed by atoms with van der Waals surface area (Å²) >= 11 is -1.44. The fraction of sp³-hybridized carbons (Fsp3) is 0.667. The van der Waals surface area contributed by atoms with Gasteiger partial charge in [-0.25, -0.2) is 4.79 Å². The number of carbonyl (C=O) groups is 3. The summed E-state index contributed by atoms with van der Waals surface area (Å²) in [6, 6.07) is -1.27. The summed E-state index contributed by atoms with van der Waals surface area (Å²) in [4.78, 5) is 36.8. The molecule has 0 radical (unpaired) electrons. The highest BCUT2D eigenvalue weighted by atomic mass is 32.2. The van der Waals surface area contributed by atoms with E-state index in [1.807, 2.05) is 0 Å². The van der Waals surface area contributed by atoms with Gasteiger partial charge in [0.15, 0.2) is 5.25 Å². The second-order valence-electron chi connectivity index (χ2n) is 4.81. The average molecular weight is 317 g/mol. The average Bonchev–Trinajstić information content (AvgIpc) is 2.33. The molecule has 0 aliphatic rings. The van der Waals surface area contributed by atoms with Crippen molar-refractivity contribution in [3.63, 3.8) is 0 Å². The number of carboxylic acid groups (broad SMARTS) is 1. The third-order valence-corrected chi connectivity index (χ3v) is 4.19. The minimum atomic E-state index is -1.44. The predicted molar refractivity (Wildman–Crippen MR) is 76.2 cm³/mol. The molecule has 0 saturated carbocycles. The quantitative estimate of drug-likeness (QED) is 0.257. The third-order valence-electron chi connectivity index (χ3n) is 2.72. The summed E-state index contributed by atoms with van der Waals surface area (Å²) in [6.07, 6.45) is 1.70. The minimum absolute atomic E-state index is 0.146. The van der Waals surface area contributed by atoms with Gasteiger partial charge >= 0.3 is 12.2 Å². The van der Waals surface area contributed by atoms with Crippen LogP contribution in [0.5, 0.6) is 0 Å². The van der Waals surface area contributed by atoms with Crippen LogP contribution in [0.1, 0.15) is 26.7 Å². The van der Waals surface area contributed by atoms with Crippen LogP contribution in [0.4, 0.5) is 0 Å². The normalized spacial score (nSPS) is 14.7. The predicted octanol–water partition coefficient (Wildman–Crippen LogP) is -0.391.